The molecule has 6 heteroatoms. The van der Waals surface area contributed by atoms with E-state index in [1.54, 1.807) is 12.4 Å². The maximum absolute atomic E-state index is 13.5. The number of nitrogens with zero attached hydrogens (tertiary/aromatic N) is 3. The zero-order valence-electron chi connectivity index (χ0n) is 19.9. The van der Waals surface area contributed by atoms with Crippen LogP contribution >= 0.6 is 0 Å². The highest BCUT2D eigenvalue weighted by Gasteiger charge is 2.53. The van der Waals surface area contributed by atoms with Gasteiger partial charge in [-0.2, -0.15) is 0 Å². The van der Waals surface area contributed by atoms with Crippen molar-refractivity contribution >= 4 is 17.7 Å². The Bertz CT molecular complexity index is 1220. The van der Waals surface area contributed by atoms with Crippen molar-refractivity contribution in [1.82, 2.24) is 14.8 Å². The predicted octanol–water partition coefficient (Wildman–Crippen LogP) is 4.17. The maximum atomic E-state index is 13.5. The average molecular weight is 468 g/mol. The topological polar surface area (TPSA) is 70.6 Å². The lowest BCUT2D eigenvalue weighted by molar-refractivity contribution is -0.141. The van der Waals surface area contributed by atoms with E-state index in [1.165, 1.54) is 17.5 Å². The first-order valence-corrected chi connectivity index (χ1v) is 12.1. The Hall–Kier alpha value is -3.80. The first-order valence-electron chi connectivity index (χ1n) is 12.1. The Labute approximate surface area is 205 Å². The van der Waals surface area contributed by atoms with E-state index in [2.05, 4.69) is 4.98 Å². The molecule has 0 spiro atoms. The smallest absolute Gasteiger partial charge is 0.240 e. The third-order valence-electron chi connectivity index (χ3n) is 7.56. The summed E-state index contributed by atoms with van der Waals surface area (Å²) in [5.41, 5.74) is 2.92. The highest BCUT2D eigenvalue weighted by molar-refractivity contribution is 6.10. The molecule has 0 aliphatic carbocycles. The summed E-state index contributed by atoms with van der Waals surface area (Å²) in [5, 5.41) is 0. The molecule has 0 bridgehead atoms. The number of rotatable bonds is 5. The first-order chi connectivity index (χ1) is 17.0. The molecule has 3 amide bonds. The normalized spacial score (nSPS) is 20.9. The predicted molar refractivity (Wildman–Crippen MR) is 133 cm³/mol. The van der Waals surface area contributed by atoms with Crippen LogP contribution < -0.4 is 0 Å². The van der Waals surface area contributed by atoms with Gasteiger partial charge < -0.3 is 4.90 Å². The van der Waals surface area contributed by atoms with E-state index >= 15 is 0 Å². The minimum Gasteiger partial charge on any atom is -0.343 e. The van der Waals surface area contributed by atoms with Crippen molar-refractivity contribution in [2.24, 2.45) is 0 Å². The molecule has 178 valence electrons. The van der Waals surface area contributed by atoms with E-state index < -0.39 is 5.41 Å². The zero-order valence-corrected chi connectivity index (χ0v) is 19.9. The number of carbonyl (C=O) groups excluding carboxylic acids is 3. The number of hydrogen-bond acceptors (Lipinski definition) is 4. The Morgan fingerprint density at radius 3 is 2.14 bits per heavy atom. The van der Waals surface area contributed by atoms with Crippen LogP contribution in [-0.2, 0) is 19.8 Å². The van der Waals surface area contributed by atoms with E-state index in [9.17, 15) is 14.4 Å². The number of imide groups is 1. The number of likely N-dealkylation sites (tertiary alicyclic amines) is 2. The summed E-state index contributed by atoms with van der Waals surface area (Å²) >= 11 is 0. The van der Waals surface area contributed by atoms with Crippen LogP contribution in [0, 0.1) is 0 Å². The van der Waals surface area contributed by atoms with Crippen molar-refractivity contribution in [3.8, 4) is 11.1 Å². The summed E-state index contributed by atoms with van der Waals surface area (Å²) in [4.78, 5) is 46.5. The van der Waals surface area contributed by atoms with Gasteiger partial charge in [-0.05, 0) is 53.1 Å². The average Bonchev–Trinajstić information content (AvgIpc) is 3.13. The number of amides is 3. The molecule has 1 unspecified atom stereocenters. The largest absolute Gasteiger partial charge is 0.343 e. The second kappa shape index (κ2) is 9.45. The van der Waals surface area contributed by atoms with Gasteiger partial charge in [-0.15, -0.1) is 0 Å². The molecule has 2 aliphatic rings. The molecule has 0 saturated carbocycles. The summed E-state index contributed by atoms with van der Waals surface area (Å²) < 4.78 is 0. The lowest BCUT2D eigenvalue weighted by Crippen LogP contribution is -2.44. The summed E-state index contributed by atoms with van der Waals surface area (Å²) in [5.74, 6) is -0.203. The number of piperidine rings is 1. The van der Waals surface area contributed by atoms with E-state index in [4.69, 9.17) is 0 Å². The molecular weight excluding hydrogens is 438 g/mol. The minimum atomic E-state index is -1.15. The lowest BCUT2D eigenvalue weighted by Gasteiger charge is -2.35. The number of pyridine rings is 1. The third-order valence-corrected chi connectivity index (χ3v) is 7.56. The summed E-state index contributed by atoms with van der Waals surface area (Å²) in [6.07, 6.45) is 5.39. The second-order valence-corrected chi connectivity index (χ2v) is 9.57. The quantitative estimate of drug-likeness (QED) is 0.528. The van der Waals surface area contributed by atoms with Gasteiger partial charge >= 0.3 is 0 Å². The summed E-state index contributed by atoms with van der Waals surface area (Å²) in [6, 6.07) is 21.8. The number of likely N-dealkylation sites (N-methyl/N-ethyl adjacent to an activating group) is 1. The molecule has 6 nitrogen and oxygen atoms in total. The Morgan fingerprint density at radius 1 is 0.914 bits per heavy atom. The molecule has 35 heavy (non-hydrogen) atoms. The van der Waals surface area contributed by atoms with Gasteiger partial charge in [0.25, 0.3) is 0 Å². The molecule has 2 aromatic carbocycles. The van der Waals surface area contributed by atoms with E-state index in [1.807, 2.05) is 71.6 Å². The summed E-state index contributed by atoms with van der Waals surface area (Å²) in [7, 11) is 1.51. The number of aromatic nitrogens is 1. The van der Waals surface area contributed by atoms with Gasteiger partial charge in [-0.3, -0.25) is 24.3 Å². The number of benzene rings is 2. The fourth-order valence-electron chi connectivity index (χ4n) is 5.43. The third kappa shape index (κ3) is 4.36. The molecule has 2 fully saturated rings. The Balaban J connectivity index is 1.36. The molecule has 5 rings (SSSR count). The monoisotopic (exact) mass is 467 g/mol. The van der Waals surface area contributed by atoms with Crippen molar-refractivity contribution in [1.29, 1.82) is 0 Å². The van der Waals surface area contributed by atoms with Crippen molar-refractivity contribution in [2.75, 3.05) is 20.1 Å². The molecule has 2 saturated heterocycles. The zero-order chi connectivity index (χ0) is 24.4. The molecule has 0 radical (unpaired) electrons. The first kappa shape index (κ1) is 23.0. The van der Waals surface area contributed by atoms with Crippen LogP contribution in [0.25, 0.3) is 11.1 Å². The Kier molecular flexibility index (Phi) is 6.20. The molecule has 1 atom stereocenters. The molecule has 0 N–H and O–H groups in total. The highest BCUT2D eigenvalue weighted by Crippen LogP contribution is 2.41. The Morgan fingerprint density at radius 2 is 1.54 bits per heavy atom. The van der Waals surface area contributed by atoms with Gasteiger partial charge in [0.1, 0.15) is 0 Å². The van der Waals surface area contributed by atoms with E-state index in [-0.39, 0.29) is 30.6 Å². The van der Waals surface area contributed by atoms with Crippen molar-refractivity contribution in [2.45, 2.75) is 37.0 Å². The highest BCUT2D eigenvalue weighted by atomic mass is 16.2. The van der Waals surface area contributed by atoms with Crippen molar-refractivity contribution in [3.63, 3.8) is 0 Å². The van der Waals surface area contributed by atoms with Crippen molar-refractivity contribution in [3.05, 3.63) is 90.3 Å². The van der Waals surface area contributed by atoms with E-state index in [0.717, 1.165) is 29.5 Å². The van der Waals surface area contributed by atoms with Crippen LogP contribution in [0.4, 0.5) is 0 Å². The summed E-state index contributed by atoms with van der Waals surface area (Å²) in [6.45, 7) is 1.29. The fraction of sp³-hybridized carbons (Fsp3) is 0.310. The fourth-order valence-corrected chi connectivity index (χ4v) is 5.43. The molecule has 3 heterocycles. The molecule has 3 aromatic rings. The van der Waals surface area contributed by atoms with Gasteiger partial charge in [0.2, 0.25) is 17.7 Å². The van der Waals surface area contributed by atoms with Gasteiger partial charge in [-0.1, -0.05) is 54.6 Å². The van der Waals surface area contributed by atoms with Crippen LogP contribution in [0.5, 0.6) is 0 Å². The van der Waals surface area contributed by atoms with Gasteiger partial charge in [-0.25, -0.2) is 0 Å². The SMILES string of the molecule is CN1C(=O)CC(CC(=O)N2CCC(c3ccncc3)CC2)(c2ccc(-c3ccccc3)cc2)C1=O. The maximum Gasteiger partial charge on any atom is 0.240 e. The van der Waals surface area contributed by atoms with Gasteiger partial charge in [0.05, 0.1) is 5.41 Å². The number of hydrogen-bond donors (Lipinski definition) is 0. The number of carbonyl (C=O) groups is 3. The van der Waals surface area contributed by atoms with Crippen molar-refractivity contribution < 1.29 is 14.4 Å². The second-order valence-electron chi connectivity index (χ2n) is 9.57. The van der Waals surface area contributed by atoms with Crippen LogP contribution in [0.3, 0.4) is 0 Å². The minimum absolute atomic E-state index is 0.00647. The van der Waals surface area contributed by atoms with Crippen LogP contribution in [-0.4, -0.2) is 52.6 Å². The molecule has 2 aliphatic heterocycles. The van der Waals surface area contributed by atoms with E-state index in [0.29, 0.717) is 19.0 Å². The van der Waals surface area contributed by atoms with Crippen LogP contribution in [0.1, 0.15) is 42.7 Å². The van der Waals surface area contributed by atoms with Gasteiger partial charge in [0.15, 0.2) is 0 Å². The standard InChI is InChI=1S/C29H29N3O3/c1-31-26(33)19-29(28(31)35,25-9-7-22(8-10-25)21-5-3-2-4-6-21)20-27(34)32-17-13-24(14-18-32)23-11-15-30-16-12-23/h2-12,15-16,24H,13-14,17-20H2,1H3. The molecule has 1 aromatic heterocycles. The van der Waals surface area contributed by atoms with Crippen LogP contribution in [0.15, 0.2) is 79.1 Å². The van der Waals surface area contributed by atoms with Crippen LogP contribution in [0.2, 0.25) is 0 Å². The van der Waals surface area contributed by atoms with Gasteiger partial charge in [0, 0.05) is 45.4 Å². The lowest BCUT2D eigenvalue weighted by atomic mass is 9.75. The molecular formula is C29H29N3O3.